The second kappa shape index (κ2) is 5.32. The monoisotopic (exact) mass is 281 g/mol. The van der Waals surface area contributed by atoms with Crippen LogP contribution in [0.4, 0.5) is 0 Å². The van der Waals surface area contributed by atoms with Gasteiger partial charge in [-0.05, 0) is 13.3 Å². The van der Waals surface area contributed by atoms with Crippen molar-refractivity contribution >= 4 is 11.9 Å². The average Bonchev–Trinajstić information content (AvgIpc) is 2.74. The molecule has 8 nitrogen and oxygen atoms in total. The lowest BCUT2D eigenvalue weighted by molar-refractivity contribution is -0.143. The van der Waals surface area contributed by atoms with Crippen LogP contribution in [-0.4, -0.2) is 44.0 Å². The van der Waals surface area contributed by atoms with Gasteiger partial charge >= 0.3 is 11.7 Å². The van der Waals surface area contributed by atoms with Gasteiger partial charge in [0.15, 0.2) is 0 Å². The molecule has 1 aliphatic rings. The highest BCUT2D eigenvalue weighted by molar-refractivity contribution is 5.79. The summed E-state index contributed by atoms with van der Waals surface area (Å²) in [7, 11) is 0. The fourth-order valence-corrected chi connectivity index (χ4v) is 2.43. The molecule has 2 N–H and O–H groups in total. The molecule has 2 heterocycles. The number of carboxylic acids is 1. The summed E-state index contributed by atoms with van der Waals surface area (Å²) in [5.74, 6) is -1.84. The number of hydrogen-bond acceptors (Lipinski definition) is 4. The second-order valence-corrected chi connectivity index (χ2v) is 4.80. The smallest absolute Gasteiger partial charge is 0.328 e. The number of carbonyl (C=O) groups excluding carboxylic acids is 1. The minimum Gasteiger partial charge on any atom is -0.481 e. The Bertz CT molecular complexity index is 647. The number of amides is 1. The summed E-state index contributed by atoms with van der Waals surface area (Å²) in [6.45, 7) is 1.82. The van der Waals surface area contributed by atoms with E-state index in [0.29, 0.717) is 13.0 Å². The van der Waals surface area contributed by atoms with Crippen LogP contribution in [0.5, 0.6) is 0 Å². The molecule has 2 unspecified atom stereocenters. The molecule has 1 amide bonds. The lowest BCUT2D eigenvalue weighted by Gasteiger charge is -2.23. The number of aliphatic carboxylic acids is 1. The fraction of sp³-hybridized carbons (Fsp3) is 0.500. The number of rotatable bonds is 3. The third kappa shape index (κ3) is 2.63. The molecule has 0 saturated carbocycles. The molecule has 0 spiro atoms. The normalized spacial score (nSPS) is 21.9. The van der Waals surface area contributed by atoms with Gasteiger partial charge in [-0.2, -0.15) is 0 Å². The molecule has 8 heteroatoms. The number of carboxylic acid groups (broad SMARTS) is 1. The minimum absolute atomic E-state index is 0.216. The van der Waals surface area contributed by atoms with E-state index in [1.165, 1.54) is 11.1 Å². The van der Waals surface area contributed by atoms with Gasteiger partial charge in [0.25, 0.3) is 5.56 Å². The molecule has 1 saturated heterocycles. The predicted octanol–water partition coefficient (Wildman–Crippen LogP) is -1.14. The molecule has 0 aliphatic carbocycles. The molecular weight excluding hydrogens is 266 g/mol. The lowest BCUT2D eigenvalue weighted by atomic mass is 10.0. The average molecular weight is 281 g/mol. The predicted molar refractivity (Wildman–Crippen MR) is 68.2 cm³/mol. The Hall–Kier alpha value is -2.38. The molecule has 20 heavy (non-hydrogen) atoms. The third-order valence-corrected chi connectivity index (χ3v) is 3.59. The van der Waals surface area contributed by atoms with E-state index in [9.17, 15) is 19.2 Å². The molecule has 0 radical (unpaired) electrons. The van der Waals surface area contributed by atoms with Crippen LogP contribution in [-0.2, 0) is 16.1 Å². The van der Waals surface area contributed by atoms with Crippen molar-refractivity contribution in [3.63, 3.8) is 0 Å². The number of H-pyrrole nitrogens is 1. The Labute approximate surface area is 113 Å². The van der Waals surface area contributed by atoms with Crippen LogP contribution in [0, 0.1) is 5.92 Å². The van der Waals surface area contributed by atoms with E-state index in [-0.39, 0.29) is 12.5 Å². The molecule has 108 valence electrons. The Morgan fingerprint density at radius 2 is 2.15 bits per heavy atom. The molecular formula is C12H15N3O5. The maximum atomic E-state index is 12.1. The summed E-state index contributed by atoms with van der Waals surface area (Å²) in [5, 5.41) is 9.01. The van der Waals surface area contributed by atoms with Crippen LogP contribution in [0.25, 0.3) is 0 Å². The summed E-state index contributed by atoms with van der Waals surface area (Å²) in [6, 6.07) is 0.751. The molecule has 1 aliphatic heterocycles. The first-order valence-electron chi connectivity index (χ1n) is 6.22. The molecule has 0 bridgehead atoms. The Morgan fingerprint density at radius 1 is 1.45 bits per heavy atom. The SMILES string of the molecule is CC1C(C(=O)O)CCN1C(=O)Cn1ccc(=O)[nH]c1=O. The van der Waals surface area contributed by atoms with Crippen molar-refractivity contribution in [1.29, 1.82) is 0 Å². The van der Waals surface area contributed by atoms with Crippen LogP contribution in [0.15, 0.2) is 21.9 Å². The van der Waals surface area contributed by atoms with E-state index in [1.54, 1.807) is 6.92 Å². The van der Waals surface area contributed by atoms with Crippen molar-refractivity contribution in [2.24, 2.45) is 5.92 Å². The fourth-order valence-electron chi connectivity index (χ4n) is 2.43. The van der Waals surface area contributed by atoms with Crippen molar-refractivity contribution in [3.8, 4) is 0 Å². The summed E-state index contributed by atoms with van der Waals surface area (Å²) < 4.78 is 1.09. The summed E-state index contributed by atoms with van der Waals surface area (Å²) in [4.78, 5) is 49.0. The second-order valence-electron chi connectivity index (χ2n) is 4.80. The van der Waals surface area contributed by atoms with E-state index in [2.05, 4.69) is 4.98 Å². The first-order valence-corrected chi connectivity index (χ1v) is 6.22. The number of carbonyl (C=O) groups is 2. The third-order valence-electron chi connectivity index (χ3n) is 3.59. The summed E-state index contributed by atoms with van der Waals surface area (Å²) >= 11 is 0. The first-order chi connectivity index (χ1) is 9.40. The van der Waals surface area contributed by atoms with E-state index in [4.69, 9.17) is 5.11 Å². The zero-order valence-electron chi connectivity index (χ0n) is 10.9. The topological polar surface area (TPSA) is 112 Å². The van der Waals surface area contributed by atoms with Crippen molar-refractivity contribution in [3.05, 3.63) is 33.1 Å². The highest BCUT2D eigenvalue weighted by atomic mass is 16.4. The van der Waals surface area contributed by atoms with Gasteiger partial charge < -0.3 is 10.0 Å². The summed E-state index contributed by atoms with van der Waals surface area (Å²) in [5.41, 5.74) is -1.19. The van der Waals surface area contributed by atoms with Gasteiger partial charge in [-0.3, -0.25) is 23.9 Å². The van der Waals surface area contributed by atoms with Gasteiger partial charge in [-0.25, -0.2) is 4.79 Å². The van der Waals surface area contributed by atoms with Gasteiger partial charge in [0.2, 0.25) is 5.91 Å². The molecule has 2 atom stereocenters. The van der Waals surface area contributed by atoms with Crippen LogP contribution >= 0.6 is 0 Å². The Morgan fingerprint density at radius 3 is 2.70 bits per heavy atom. The molecule has 0 aromatic carbocycles. The van der Waals surface area contributed by atoms with Crippen molar-refractivity contribution in [2.75, 3.05) is 6.54 Å². The quantitative estimate of drug-likeness (QED) is 0.727. The number of hydrogen-bond donors (Lipinski definition) is 2. The number of aromatic amines is 1. The number of likely N-dealkylation sites (tertiary alicyclic amines) is 1. The zero-order valence-corrected chi connectivity index (χ0v) is 10.9. The van der Waals surface area contributed by atoms with Crippen molar-refractivity contribution < 1.29 is 14.7 Å². The minimum atomic E-state index is -0.922. The molecule has 1 fully saturated rings. The Kier molecular flexibility index (Phi) is 3.73. The van der Waals surface area contributed by atoms with E-state index in [0.717, 1.165) is 10.6 Å². The highest BCUT2D eigenvalue weighted by Gasteiger charge is 2.37. The number of nitrogens with zero attached hydrogens (tertiary/aromatic N) is 2. The van der Waals surface area contributed by atoms with Crippen LogP contribution in [0.3, 0.4) is 0 Å². The van der Waals surface area contributed by atoms with Gasteiger partial charge in [-0.15, -0.1) is 0 Å². The summed E-state index contributed by atoms with van der Waals surface area (Å²) in [6.07, 6.45) is 1.65. The molecule has 1 aromatic rings. The van der Waals surface area contributed by atoms with Gasteiger partial charge in [0.1, 0.15) is 6.54 Å². The largest absolute Gasteiger partial charge is 0.481 e. The van der Waals surface area contributed by atoms with E-state index < -0.39 is 29.2 Å². The molecule has 2 rings (SSSR count). The van der Waals surface area contributed by atoms with Gasteiger partial charge in [-0.1, -0.05) is 0 Å². The van der Waals surface area contributed by atoms with Crippen LogP contribution in [0.2, 0.25) is 0 Å². The van der Waals surface area contributed by atoms with E-state index >= 15 is 0 Å². The Balaban J connectivity index is 2.11. The first kappa shape index (κ1) is 14.0. The lowest BCUT2D eigenvalue weighted by Crippen LogP contribution is -2.41. The van der Waals surface area contributed by atoms with Gasteiger partial charge in [0, 0.05) is 24.8 Å². The zero-order chi connectivity index (χ0) is 14.9. The van der Waals surface area contributed by atoms with Crippen molar-refractivity contribution in [1.82, 2.24) is 14.5 Å². The number of aromatic nitrogens is 2. The van der Waals surface area contributed by atoms with Crippen molar-refractivity contribution in [2.45, 2.75) is 25.9 Å². The molecule has 1 aromatic heterocycles. The van der Waals surface area contributed by atoms with Crippen LogP contribution in [0.1, 0.15) is 13.3 Å². The van der Waals surface area contributed by atoms with Crippen LogP contribution < -0.4 is 11.2 Å². The maximum Gasteiger partial charge on any atom is 0.328 e. The highest BCUT2D eigenvalue weighted by Crippen LogP contribution is 2.24. The van der Waals surface area contributed by atoms with Gasteiger partial charge in [0.05, 0.1) is 5.92 Å². The van der Waals surface area contributed by atoms with E-state index in [1.807, 2.05) is 0 Å². The number of nitrogens with one attached hydrogen (secondary N) is 1. The maximum absolute atomic E-state index is 12.1. The standard InChI is InChI=1S/C12H15N3O5/c1-7-8(11(18)19)2-5-15(7)10(17)6-14-4-3-9(16)13-12(14)20/h3-4,7-8H,2,5-6H2,1H3,(H,18,19)(H,13,16,20).